The molecule has 1 amide bonds. The average molecular weight is 610 g/mol. The Morgan fingerprint density at radius 2 is 1.80 bits per heavy atom. The number of nitrogens with zero attached hydrogens (tertiary/aromatic N) is 7. The van der Waals surface area contributed by atoms with Crippen LogP contribution in [-0.4, -0.2) is 93.9 Å². The van der Waals surface area contributed by atoms with E-state index in [2.05, 4.69) is 69.0 Å². The number of fused-ring (bicyclic) bond motifs is 1. The number of benzene rings is 2. The van der Waals surface area contributed by atoms with Crippen molar-refractivity contribution in [2.24, 2.45) is 7.05 Å². The van der Waals surface area contributed by atoms with Crippen molar-refractivity contribution in [3.8, 4) is 17.0 Å². The van der Waals surface area contributed by atoms with Gasteiger partial charge >= 0.3 is 0 Å². The topological polar surface area (TPSA) is 104 Å². The standard InChI is InChI=1S/C34H43N9O2/c1-7-33(44)37-28-17-29(39-34-35-13-10-27(38-34)24-8-9-30-25(16-24)19-36-41(30)5)32(45-6)18-31(28)42-14-11-26(12-15-42)43-20-22(2)40(4)23(3)21-43/h7-10,13,16-19,22-23,26H,1,11-12,14-15,20-21H2,2-6H3,(H,37,44)(H,35,38,39)/t22-,23+. The molecule has 45 heavy (non-hydrogen) atoms. The zero-order valence-electron chi connectivity index (χ0n) is 26.8. The van der Waals surface area contributed by atoms with Crippen molar-refractivity contribution >= 4 is 39.8 Å². The smallest absolute Gasteiger partial charge is 0.247 e. The zero-order valence-corrected chi connectivity index (χ0v) is 26.8. The number of rotatable bonds is 8. The molecule has 0 radical (unpaired) electrons. The Bertz CT molecular complexity index is 1680. The molecule has 4 aromatic rings. The van der Waals surface area contributed by atoms with Gasteiger partial charge in [0.15, 0.2) is 0 Å². The predicted molar refractivity (Wildman–Crippen MR) is 180 cm³/mol. The summed E-state index contributed by atoms with van der Waals surface area (Å²) in [5.41, 5.74) is 5.05. The lowest BCUT2D eigenvalue weighted by molar-refractivity contribution is -0.111. The summed E-state index contributed by atoms with van der Waals surface area (Å²) in [6.45, 7) is 12.3. The van der Waals surface area contributed by atoms with Crippen molar-refractivity contribution in [3.63, 3.8) is 0 Å². The van der Waals surface area contributed by atoms with E-state index in [0.29, 0.717) is 41.2 Å². The third-order valence-electron chi connectivity index (χ3n) is 9.41. The minimum atomic E-state index is -0.272. The molecule has 236 valence electrons. The van der Waals surface area contributed by atoms with Crippen molar-refractivity contribution in [1.82, 2.24) is 29.5 Å². The van der Waals surface area contributed by atoms with Crippen molar-refractivity contribution < 1.29 is 9.53 Å². The third kappa shape index (κ3) is 6.36. The molecule has 2 saturated heterocycles. The molecule has 6 rings (SSSR count). The van der Waals surface area contributed by atoms with Crippen molar-refractivity contribution in [2.75, 3.05) is 55.9 Å². The number of piperazine rings is 1. The van der Waals surface area contributed by atoms with E-state index in [1.54, 1.807) is 13.3 Å². The average Bonchev–Trinajstić information content (AvgIpc) is 3.43. The minimum Gasteiger partial charge on any atom is -0.494 e. The Morgan fingerprint density at radius 1 is 1.04 bits per heavy atom. The predicted octanol–water partition coefficient (Wildman–Crippen LogP) is 4.90. The first-order valence-corrected chi connectivity index (χ1v) is 15.6. The zero-order chi connectivity index (χ0) is 31.7. The van der Waals surface area contributed by atoms with E-state index in [1.165, 1.54) is 6.08 Å². The molecule has 0 spiro atoms. The Balaban J connectivity index is 1.24. The van der Waals surface area contributed by atoms with Crippen molar-refractivity contribution in [2.45, 2.75) is 44.8 Å². The van der Waals surface area contributed by atoms with Crippen molar-refractivity contribution in [3.05, 3.63) is 61.4 Å². The van der Waals surface area contributed by atoms with Gasteiger partial charge in [0.25, 0.3) is 0 Å². The van der Waals surface area contributed by atoms with Gasteiger partial charge in [-0.1, -0.05) is 12.6 Å². The van der Waals surface area contributed by atoms with Gasteiger partial charge in [-0.05, 0) is 64.1 Å². The summed E-state index contributed by atoms with van der Waals surface area (Å²) in [6.07, 6.45) is 6.98. The van der Waals surface area contributed by atoms with Crippen LogP contribution in [0, 0.1) is 0 Å². The lowest BCUT2D eigenvalue weighted by Crippen LogP contribution is -2.59. The molecule has 2 atom stereocenters. The number of anilines is 4. The van der Waals surface area contributed by atoms with Crippen LogP contribution < -0.4 is 20.3 Å². The Morgan fingerprint density at radius 3 is 2.51 bits per heavy atom. The van der Waals surface area contributed by atoms with Crippen LogP contribution in [0.2, 0.25) is 0 Å². The number of hydrogen-bond acceptors (Lipinski definition) is 9. The second-order valence-corrected chi connectivity index (χ2v) is 12.2. The SMILES string of the molecule is C=CC(=O)Nc1cc(Nc2nccc(-c3ccc4c(cnn4C)c3)n2)c(OC)cc1N1CCC(N2C[C@@H](C)N(C)[C@@H](C)C2)CC1. The van der Waals surface area contributed by atoms with Crippen LogP contribution in [-0.2, 0) is 11.8 Å². The van der Waals surface area contributed by atoms with Crippen LogP contribution in [0.4, 0.5) is 23.0 Å². The Hall–Kier alpha value is -4.48. The maximum absolute atomic E-state index is 12.5. The number of likely N-dealkylation sites (N-methyl/N-ethyl adjacent to an activating group) is 1. The van der Waals surface area contributed by atoms with Gasteiger partial charge in [0, 0.05) is 74.6 Å². The van der Waals surface area contributed by atoms with Crippen LogP contribution in [0.25, 0.3) is 22.2 Å². The number of carbonyl (C=O) groups excluding carboxylic acids is 1. The Labute approximate surface area is 264 Å². The molecule has 2 aromatic heterocycles. The molecule has 0 aliphatic carbocycles. The fourth-order valence-electron chi connectivity index (χ4n) is 6.62. The van der Waals surface area contributed by atoms with Gasteiger partial charge in [-0.15, -0.1) is 0 Å². The van der Waals surface area contributed by atoms with Gasteiger partial charge in [0.05, 0.1) is 41.6 Å². The van der Waals surface area contributed by atoms with E-state index >= 15 is 0 Å². The van der Waals surface area contributed by atoms with Gasteiger partial charge in [-0.2, -0.15) is 5.10 Å². The number of aromatic nitrogens is 4. The van der Waals surface area contributed by atoms with E-state index in [4.69, 9.17) is 9.72 Å². The van der Waals surface area contributed by atoms with Crippen LogP contribution in [0.3, 0.4) is 0 Å². The number of hydrogen-bond donors (Lipinski definition) is 2. The monoisotopic (exact) mass is 609 g/mol. The Kier molecular flexibility index (Phi) is 8.73. The summed E-state index contributed by atoms with van der Waals surface area (Å²) in [7, 11) is 5.80. The highest BCUT2D eigenvalue weighted by molar-refractivity contribution is 6.02. The largest absolute Gasteiger partial charge is 0.494 e. The fourth-order valence-corrected chi connectivity index (χ4v) is 6.62. The molecule has 2 N–H and O–H groups in total. The van der Waals surface area contributed by atoms with E-state index < -0.39 is 0 Å². The van der Waals surface area contributed by atoms with Gasteiger partial charge < -0.3 is 20.3 Å². The molecule has 11 heteroatoms. The quantitative estimate of drug-likeness (QED) is 0.270. The number of ether oxygens (including phenoxy) is 1. The van der Waals surface area contributed by atoms with E-state index in [-0.39, 0.29) is 5.91 Å². The number of nitrogens with one attached hydrogen (secondary N) is 2. The highest BCUT2D eigenvalue weighted by Crippen LogP contribution is 2.40. The van der Waals surface area contributed by atoms with Gasteiger partial charge in [-0.3, -0.25) is 19.3 Å². The molecule has 2 aliphatic rings. The maximum Gasteiger partial charge on any atom is 0.247 e. The fraction of sp³-hybridized carbons (Fsp3) is 0.412. The summed E-state index contributed by atoms with van der Waals surface area (Å²) < 4.78 is 7.70. The number of aryl methyl sites for hydroxylation is 1. The van der Waals surface area contributed by atoms with Crippen molar-refractivity contribution in [1.29, 1.82) is 0 Å². The summed E-state index contributed by atoms with van der Waals surface area (Å²) in [6, 6.07) is 13.5. The van der Waals surface area contributed by atoms with E-state index in [9.17, 15) is 4.79 Å². The molecule has 11 nitrogen and oxygen atoms in total. The van der Waals surface area contributed by atoms with Crippen LogP contribution in [0.15, 0.2) is 61.4 Å². The number of amides is 1. The summed E-state index contributed by atoms with van der Waals surface area (Å²) >= 11 is 0. The second-order valence-electron chi connectivity index (χ2n) is 12.2. The lowest BCUT2D eigenvalue weighted by Gasteiger charge is -2.48. The first kappa shape index (κ1) is 30.5. The van der Waals surface area contributed by atoms with Crippen LogP contribution in [0.5, 0.6) is 5.75 Å². The summed E-state index contributed by atoms with van der Waals surface area (Å²) in [4.78, 5) is 29.3. The number of methoxy groups -OCH3 is 1. The number of piperidine rings is 1. The first-order valence-electron chi connectivity index (χ1n) is 15.6. The summed E-state index contributed by atoms with van der Waals surface area (Å²) in [5, 5.41) is 11.7. The normalized spacial score (nSPS) is 19.9. The maximum atomic E-state index is 12.5. The minimum absolute atomic E-state index is 0.272. The second kappa shape index (κ2) is 12.9. The summed E-state index contributed by atoms with van der Waals surface area (Å²) in [5.74, 6) is 0.783. The molecule has 0 bridgehead atoms. The van der Waals surface area contributed by atoms with Crippen LogP contribution in [0.1, 0.15) is 26.7 Å². The van der Waals surface area contributed by atoms with Crippen LogP contribution >= 0.6 is 0 Å². The van der Waals surface area contributed by atoms with E-state index in [0.717, 1.165) is 66.9 Å². The molecule has 0 unspecified atom stereocenters. The van der Waals surface area contributed by atoms with Gasteiger partial charge in [-0.25, -0.2) is 9.97 Å². The molecule has 2 aromatic carbocycles. The first-order chi connectivity index (χ1) is 21.7. The van der Waals surface area contributed by atoms with Gasteiger partial charge in [0.2, 0.25) is 11.9 Å². The van der Waals surface area contributed by atoms with E-state index in [1.807, 2.05) is 48.3 Å². The molecule has 0 saturated carbocycles. The molecular weight excluding hydrogens is 566 g/mol. The highest BCUT2D eigenvalue weighted by Gasteiger charge is 2.33. The highest BCUT2D eigenvalue weighted by atomic mass is 16.5. The molecular formula is C34H43N9O2. The molecule has 4 heterocycles. The van der Waals surface area contributed by atoms with Gasteiger partial charge in [0.1, 0.15) is 5.75 Å². The lowest BCUT2D eigenvalue weighted by atomic mass is 9.98. The molecule has 2 fully saturated rings. The number of carbonyl (C=O) groups is 1. The molecule has 2 aliphatic heterocycles. The third-order valence-corrected chi connectivity index (χ3v) is 9.41.